The van der Waals surface area contributed by atoms with Gasteiger partial charge < -0.3 is 19.7 Å². The molecule has 1 amide bonds. The second-order valence-electron chi connectivity index (χ2n) is 8.73. The van der Waals surface area contributed by atoms with Crippen LogP contribution < -0.4 is 14.8 Å². The molecule has 34 heavy (non-hydrogen) atoms. The first-order chi connectivity index (χ1) is 16.0. The van der Waals surface area contributed by atoms with Crippen LogP contribution in [-0.4, -0.2) is 67.7 Å². The van der Waals surface area contributed by atoms with E-state index in [1.807, 2.05) is 18.7 Å². The fraction of sp³-hybridized carbons (Fsp3) is 0.522. The van der Waals surface area contributed by atoms with Crippen LogP contribution in [0.3, 0.4) is 0 Å². The third-order valence-corrected chi connectivity index (χ3v) is 6.92. The van der Waals surface area contributed by atoms with Gasteiger partial charge in [0.05, 0.1) is 16.5 Å². The minimum atomic E-state index is -3.54. The number of hydrogen-bond donors (Lipinski definition) is 1. The number of sulfone groups is 1. The van der Waals surface area contributed by atoms with Crippen LogP contribution >= 0.6 is 0 Å². The molecule has 1 aromatic carbocycles. The molecule has 11 heteroatoms. The van der Waals surface area contributed by atoms with Crippen molar-refractivity contribution in [3.8, 4) is 17.5 Å². The van der Waals surface area contributed by atoms with E-state index >= 15 is 0 Å². The number of likely N-dealkylation sites (N-methyl/N-ethyl adjacent to an activating group) is 1. The summed E-state index contributed by atoms with van der Waals surface area (Å²) in [5.41, 5.74) is 0.489. The summed E-state index contributed by atoms with van der Waals surface area (Å²) in [6.45, 7) is 6.89. The third-order valence-electron chi connectivity index (χ3n) is 5.81. The van der Waals surface area contributed by atoms with Gasteiger partial charge in [0, 0.05) is 32.2 Å². The van der Waals surface area contributed by atoms with Crippen LogP contribution in [-0.2, 0) is 14.6 Å². The Morgan fingerprint density at radius 2 is 1.85 bits per heavy atom. The number of nitrogens with one attached hydrogen (secondary N) is 1. The van der Waals surface area contributed by atoms with Crippen LogP contribution in [0.2, 0.25) is 0 Å². The minimum absolute atomic E-state index is 0.0915. The van der Waals surface area contributed by atoms with Crippen LogP contribution in [0.1, 0.15) is 32.3 Å². The highest BCUT2D eigenvalue weighted by Crippen LogP contribution is 2.31. The van der Waals surface area contributed by atoms with E-state index in [9.17, 15) is 17.6 Å². The molecule has 1 aromatic heterocycles. The van der Waals surface area contributed by atoms with Crippen LogP contribution in [0.15, 0.2) is 29.4 Å². The van der Waals surface area contributed by atoms with Crippen LogP contribution in [0.5, 0.6) is 17.5 Å². The molecule has 1 aliphatic rings. The zero-order valence-electron chi connectivity index (χ0n) is 20.0. The quantitative estimate of drug-likeness (QED) is 0.597. The number of aromatic nitrogens is 2. The number of halogens is 1. The Balaban J connectivity index is 1.66. The minimum Gasteiger partial charge on any atom is -0.474 e. The first kappa shape index (κ1) is 25.8. The highest BCUT2D eigenvalue weighted by molar-refractivity contribution is 7.90. The third kappa shape index (κ3) is 6.01. The number of carbonyl (C=O) groups is 1. The van der Waals surface area contributed by atoms with Crippen molar-refractivity contribution in [3.63, 3.8) is 0 Å². The van der Waals surface area contributed by atoms with Crippen molar-refractivity contribution < 1.29 is 27.1 Å². The number of ether oxygens (including phenoxy) is 2. The molecule has 1 N–H and O–H groups in total. The molecule has 2 heterocycles. The summed E-state index contributed by atoms with van der Waals surface area (Å²) in [7, 11) is -1.74. The van der Waals surface area contributed by atoms with Crippen molar-refractivity contribution in [3.05, 3.63) is 35.9 Å². The first-order valence-corrected chi connectivity index (χ1v) is 13.0. The molecule has 1 atom stereocenters. The lowest BCUT2D eigenvalue weighted by Crippen LogP contribution is -2.51. The summed E-state index contributed by atoms with van der Waals surface area (Å²) in [5.74, 6) is -0.261. The highest BCUT2D eigenvalue weighted by Gasteiger charge is 2.30. The monoisotopic (exact) mass is 494 g/mol. The van der Waals surface area contributed by atoms with Gasteiger partial charge in [-0.3, -0.25) is 4.79 Å². The normalized spacial score (nSPS) is 15.9. The van der Waals surface area contributed by atoms with E-state index in [4.69, 9.17) is 9.47 Å². The number of hydrogen-bond acceptors (Lipinski definition) is 8. The molecular formula is C23H31FN4O5S. The number of rotatable bonds is 8. The van der Waals surface area contributed by atoms with E-state index in [0.717, 1.165) is 12.3 Å². The maximum Gasteiger partial charge on any atom is 0.239 e. The van der Waals surface area contributed by atoms with Gasteiger partial charge in [0.2, 0.25) is 17.7 Å². The fourth-order valence-electron chi connectivity index (χ4n) is 3.83. The number of piperidine rings is 1. The van der Waals surface area contributed by atoms with Gasteiger partial charge in [0.15, 0.2) is 21.4 Å². The number of nitrogens with zero attached hydrogens (tertiary/aromatic N) is 3. The van der Waals surface area contributed by atoms with Crippen LogP contribution in [0, 0.1) is 18.7 Å². The summed E-state index contributed by atoms with van der Waals surface area (Å²) < 4.78 is 49.3. The Labute approximate surface area is 199 Å². The summed E-state index contributed by atoms with van der Waals surface area (Å²) in [4.78, 5) is 22.7. The second-order valence-corrected chi connectivity index (χ2v) is 10.7. The van der Waals surface area contributed by atoms with Crippen molar-refractivity contribution in [2.75, 3.05) is 26.4 Å². The molecule has 1 fully saturated rings. The van der Waals surface area contributed by atoms with E-state index in [1.54, 1.807) is 14.0 Å². The predicted molar refractivity (Wildman–Crippen MR) is 124 cm³/mol. The molecule has 0 aliphatic carbocycles. The molecule has 0 radical (unpaired) electrons. The van der Waals surface area contributed by atoms with Gasteiger partial charge in [-0.15, -0.1) is 0 Å². The van der Waals surface area contributed by atoms with E-state index < -0.39 is 15.7 Å². The van der Waals surface area contributed by atoms with Crippen LogP contribution in [0.4, 0.5) is 4.39 Å². The maximum atomic E-state index is 14.4. The second kappa shape index (κ2) is 10.6. The van der Waals surface area contributed by atoms with E-state index in [-0.39, 0.29) is 40.5 Å². The Kier molecular flexibility index (Phi) is 8.09. The molecule has 0 saturated carbocycles. The number of benzene rings is 1. The first-order valence-electron chi connectivity index (χ1n) is 11.1. The zero-order chi connectivity index (χ0) is 25.0. The standard InChI is InChI=1S/C23H31FN4O5S/c1-14(2)20(25-4)23(29)28-10-8-16(9-11-28)32-21-15(3)22(27-13-26-21)33-19-7-6-17(12-18(19)24)34(5,30)31/h6-7,12-14,16,20,25H,8-11H2,1-5H3. The molecule has 0 bridgehead atoms. The molecule has 1 aliphatic heterocycles. The van der Waals surface area contributed by atoms with Crippen molar-refractivity contribution >= 4 is 15.7 Å². The molecule has 1 saturated heterocycles. The van der Waals surface area contributed by atoms with Gasteiger partial charge in [0.1, 0.15) is 12.4 Å². The van der Waals surface area contributed by atoms with E-state index in [1.165, 1.54) is 18.5 Å². The Bertz CT molecular complexity index is 1130. The molecular weight excluding hydrogens is 463 g/mol. The molecule has 9 nitrogen and oxygen atoms in total. The lowest BCUT2D eigenvalue weighted by Gasteiger charge is -2.35. The van der Waals surface area contributed by atoms with Crippen molar-refractivity contribution in [2.24, 2.45) is 5.92 Å². The average Bonchev–Trinajstić information content (AvgIpc) is 2.77. The lowest BCUT2D eigenvalue weighted by molar-refractivity contribution is -0.136. The van der Waals surface area contributed by atoms with Gasteiger partial charge in [-0.05, 0) is 38.1 Å². The van der Waals surface area contributed by atoms with Crippen molar-refractivity contribution in [1.82, 2.24) is 20.2 Å². The van der Waals surface area contributed by atoms with Gasteiger partial charge >= 0.3 is 0 Å². The SMILES string of the molecule is CNC(C(=O)N1CCC(Oc2ncnc(Oc3ccc(S(C)(=O)=O)cc3F)c2C)CC1)C(C)C. The molecule has 3 rings (SSSR count). The summed E-state index contributed by atoms with van der Waals surface area (Å²) in [5, 5.41) is 3.09. The van der Waals surface area contributed by atoms with E-state index in [2.05, 4.69) is 15.3 Å². The molecule has 186 valence electrons. The Morgan fingerprint density at radius 3 is 2.41 bits per heavy atom. The topological polar surface area (TPSA) is 111 Å². The lowest BCUT2D eigenvalue weighted by atomic mass is 10.0. The maximum absolute atomic E-state index is 14.4. The average molecular weight is 495 g/mol. The van der Waals surface area contributed by atoms with Crippen LogP contribution in [0.25, 0.3) is 0 Å². The summed E-state index contributed by atoms with van der Waals surface area (Å²) in [6, 6.07) is 3.21. The van der Waals surface area contributed by atoms with Gasteiger partial charge in [0.25, 0.3) is 0 Å². The van der Waals surface area contributed by atoms with Crippen molar-refractivity contribution in [2.45, 2.75) is 50.7 Å². The van der Waals surface area contributed by atoms with E-state index in [0.29, 0.717) is 37.4 Å². The zero-order valence-corrected chi connectivity index (χ0v) is 20.9. The number of amides is 1. The van der Waals surface area contributed by atoms with Crippen molar-refractivity contribution in [1.29, 1.82) is 0 Å². The molecule has 2 aromatic rings. The summed E-state index contributed by atoms with van der Waals surface area (Å²) >= 11 is 0. The molecule has 1 unspecified atom stereocenters. The predicted octanol–water partition coefficient (Wildman–Crippen LogP) is 2.73. The number of likely N-dealkylation sites (tertiary alicyclic amines) is 1. The van der Waals surface area contributed by atoms with Gasteiger partial charge in [-0.1, -0.05) is 13.8 Å². The highest BCUT2D eigenvalue weighted by atomic mass is 32.2. The number of carbonyl (C=O) groups excluding carboxylic acids is 1. The van der Waals surface area contributed by atoms with Gasteiger partial charge in [-0.25, -0.2) is 22.8 Å². The molecule has 0 spiro atoms. The largest absolute Gasteiger partial charge is 0.474 e. The fourth-order valence-corrected chi connectivity index (χ4v) is 4.46. The Hall–Kier alpha value is -2.79. The smallest absolute Gasteiger partial charge is 0.239 e. The summed E-state index contributed by atoms with van der Waals surface area (Å²) in [6.07, 6.45) is 3.44. The van der Waals surface area contributed by atoms with Gasteiger partial charge in [-0.2, -0.15) is 0 Å². The Morgan fingerprint density at radius 1 is 1.21 bits per heavy atom.